The van der Waals surface area contributed by atoms with Gasteiger partial charge >= 0.3 is 0 Å². The molecule has 0 aliphatic rings. The zero-order chi connectivity index (χ0) is 15.3. The molecule has 0 aliphatic heterocycles. The fraction of sp³-hybridized carbons (Fsp3) is 0.571. The maximum Gasteiger partial charge on any atom is 0.294 e. The Bertz CT molecular complexity index is 480. The quantitative estimate of drug-likeness (QED) is 0.568. The Kier molecular flexibility index (Phi) is 6.20. The third kappa shape index (κ3) is 4.96. The summed E-state index contributed by atoms with van der Waals surface area (Å²) in [5.41, 5.74) is -0.0268. The summed E-state index contributed by atoms with van der Waals surface area (Å²) < 4.78 is 13.4. The zero-order valence-electron chi connectivity index (χ0n) is 12.0. The molecule has 0 saturated carbocycles. The van der Waals surface area contributed by atoms with E-state index in [-0.39, 0.29) is 22.4 Å². The van der Waals surface area contributed by atoms with Crippen LogP contribution in [-0.4, -0.2) is 11.0 Å². The predicted octanol–water partition coefficient (Wildman–Crippen LogP) is 5.01. The van der Waals surface area contributed by atoms with Gasteiger partial charge in [0.15, 0.2) is 0 Å². The van der Waals surface area contributed by atoms with Gasteiger partial charge < -0.3 is 5.32 Å². The van der Waals surface area contributed by atoms with Crippen molar-refractivity contribution in [3.05, 3.63) is 33.1 Å². The highest BCUT2D eigenvalue weighted by atomic mass is 35.5. The molecule has 0 bridgehead atoms. The molecule has 4 nitrogen and oxygen atoms in total. The lowest BCUT2D eigenvalue weighted by Gasteiger charge is -2.16. The van der Waals surface area contributed by atoms with E-state index >= 15 is 0 Å². The number of rotatable bonds is 7. The van der Waals surface area contributed by atoms with E-state index < -0.39 is 10.7 Å². The fourth-order valence-corrected chi connectivity index (χ4v) is 2.13. The summed E-state index contributed by atoms with van der Waals surface area (Å²) in [5, 5.41) is 13.7. The maximum atomic E-state index is 13.4. The Labute approximate surface area is 123 Å². The molecule has 0 heterocycles. The van der Waals surface area contributed by atoms with Crippen LogP contribution in [0.2, 0.25) is 5.02 Å². The van der Waals surface area contributed by atoms with E-state index in [9.17, 15) is 14.5 Å². The van der Waals surface area contributed by atoms with E-state index in [2.05, 4.69) is 19.2 Å². The van der Waals surface area contributed by atoms with Crippen LogP contribution >= 0.6 is 11.6 Å². The van der Waals surface area contributed by atoms with Crippen molar-refractivity contribution in [3.8, 4) is 0 Å². The van der Waals surface area contributed by atoms with E-state index in [1.807, 2.05) is 6.92 Å². The van der Waals surface area contributed by atoms with Gasteiger partial charge in [-0.15, -0.1) is 0 Å². The van der Waals surface area contributed by atoms with Gasteiger partial charge in [-0.2, -0.15) is 0 Å². The summed E-state index contributed by atoms with van der Waals surface area (Å²) in [4.78, 5) is 10.4. The molecule has 0 saturated heterocycles. The van der Waals surface area contributed by atoms with Gasteiger partial charge in [-0.05, 0) is 19.3 Å². The van der Waals surface area contributed by atoms with E-state index in [1.165, 1.54) is 0 Å². The second-order valence-corrected chi connectivity index (χ2v) is 5.82. The summed E-state index contributed by atoms with van der Waals surface area (Å²) in [6.07, 6.45) is 3.00. The van der Waals surface area contributed by atoms with Crippen LogP contribution in [0.5, 0.6) is 0 Å². The molecule has 1 N–H and O–H groups in total. The number of hydrogen-bond donors (Lipinski definition) is 1. The van der Waals surface area contributed by atoms with Crippen LogP contribution in [-0.2, 0) is 0 Å². The summed E-state index contributed by atoms with van der Waals surface area (Å²) >= 11 is 5.58. The first-order valence-electron chi connectivity index (χ1n) is 6.71. The monoisotopic (exact) mass is 302 g/mol. The minimum Gasteiger partial charge on any atom is -0.377 e. The largest absolute Gasteiger partial charge is 0.377 e. The van der Waals surface area contributed by atoms with Gasteiger partial charge in [-0.25, -0.2) is 4.39 Å². The fourth-order valence-electron chi connectivity index (χ4n) is 1.97. The Morgan fingerprint density at radius 2 is 2.00 bits per heavy atom. The lowest BCUT2D eigenvalue weighted by Crippen LogP contribution is -2.16. The van der Waals surface area contributed by atoms with E-state index in [0.717, 1.165) is 31.4 Å². The van der Waals surface area contributed by atoms with Crippen molar-refractivity contribution >= 4 is 23.0 Å². The average Bonchev–Trinajstić information content (AvgIpc) is 2.32. The number of anilines is 1. The molecular formula is C14H20ClFN2O2. The van der Waals surface area contributed by atoms with Crippen molar-refractivity contribution in [2.45, 2.75) is 46.1 Å². The molecule has 0 aliphatic carbocycles. The molecule has 0 radical (unpaired) electrons. The average molecular weight is 303 g/mol. The molecule has 0 aromatic heterocycles. The second kappa shape index (κ2) is 7.43. The van der Waals surface area contributed by atoms with Gasteiger partial charge in [0.05, 0.1) is 9.95 Å². The minimum atomic E-state index is -0.658. The van der Waals surface area contributed by atoms with Gasteiger partial charge in [0.25, 0.3) is 5.69 Å². The lowest BCUT2D eigenvalue weighted by molar-refractivity contribution is -0.384. The standard InChI is InChI=1S/C14H20ClFN2O2/c1-9(2)5-4-6-10(3)17-13-8-12(16)11(15)7-14(13)18(19)20/h7-10,17H,4-6H2,1-3H3. The first kappa shape index (κ1) is 16.7. The topological polar surface area (TPSA) is 55.2 Å². The Morgan fingerprint density at radius 3 is 2.55 bits per heavy atom. The number of nitro groups is 1. The summed E-state index contributed by atoms with van der Waals surface area (Å²) in [7, 11) is 0. The highest BCUT2D eigenvalue weighted by molar-refractivity contribution is 6.31. The van der Waals surface area contributed by atoms with E-state index in [0.29, 0.717) is 5.92 Å². The van der Waals surface area contributed by atoms with Crippen LogP contribution in [0.25, 0.3) is 0 Å². The third-order valence-electron chi connectivity index (χ3n) is 3.06. The van der Waals surface area contributed by atoms with Gasteiger partial charge in [-0.1, -0.05) is 38.3 Å². The van der Waals surface area contributed by atoms with Crippen molar-refractivity contribution in [2.24, 2.45) is 5.92 Å². The molecule has 0 amide bonds. The van der Waals surface area contributed by atoms with Crippen molar-refractivity contribution in [2.75, 3.05) is 5.32 Å². The first-order chi connectivity index (χ1) is 9.31. The molecular weight excluding hydrogens is 283 g/mol. The number of nitrogens with one attached hydrogen (secondary N) is 1. The number of nitrogens with zero attached hydrogens (tertiary/aromatic N) is 1. The highest BCUT2D eigenvalue weighted by Crippen LogP contribution is 2.31. The molecule has 6 heteroatoms. The first-order valence-corrected chi connectivity index (χ1v) is 7.09. The van der Waals surface area contributed by atoms with Crippen LogP contribution in [0.3, 0.4) is 0 Å². The number of benzene rings is 1. The SMILES string of the molecule is CC(C)CCCC(C)Nc1cc(F)c(Cl)cc1[N+](=O)[O-]. The van der Waals surface area contributed by atoms with Crippen molar-refractivity contribution in [3.63, 3.8) is 0 Å². The molecule has 20 heavy (non-hydrogen) atoms. The van der Waals surface area contributed by atoms with Crippen LogP contribution in [0, 0.1) is 21.8 Å². The van der Waals surface area contributed by atoms with Crippen molar-refractivity contribution in [1.29, 1.82) is 0 Å². The smallest absolute Gasteiger partial charge is 0.294 e. The molecule has 0 fully saturated rings. The van der Waals surface area contributed by atoms with Gasteiger partial charge in [0.2, 0.25) is 0 Å². The summed E-state index contributed by atoms with van der Waals surface area (Å²) in [6, 6.07) is 2.16. The molecule has 0 spiro atoms. The lowest BCUT2D eigenvalue weighted by atomic mass is 10.0. The maximum absolute atomic E-state index is 13.4. The molecule has 1 aromatic carbocycles. The van der Waals surface area contributed by atoms with Crippen molar-refractivity contribution < 1.29 is 9.31 Å². The number of halogens is 2. The molecule has 1 aromatic rings. The van der Waals surface area contributed by atoms with Crippen molar-refractivity contribution in [1.82, 2.24) is 0 Å². The predicted molar refractivity (Wildman–Crippen MR) is 79.8 cm³/mol. The second-order valence-electron chi connectivity index (χ2n) is 5.41. The molecule has 1 unspecified atom stereocenters. The Hall–Kier alpha value is -1.36. The normalized spacial score (nSPS) is 12.5. The number of nitro benzene ring substituents is 1. The number of hydrogen-bond acceptors (Lipinski definition) is 3. The zero-order valence-corrected chi connectivity index (χ0v) is 12.7. The summed E-state index contributed by atoms with van der Waals surface area (Å²) in [5.74, 6) is -0.0290. The minimum absolute atomic E-state index is 0.0352. The highest BCUT2D eigenvalue weighted by Gasteiger charge is 2.19. The van der Waals surface area contributed by atoms with Gasteiger partial charge in [-0.3, -0.25) is 10.1 Å². The third-order valence-corrected chi connectivity index (χ3v) is 3.35. The van der Waals surface area contributed by atoms with Crippen LogP contribution in [0.15, 0.2) is 12.1 Å². The van der Waals surface area contributed by atoms with E-state index in [4.69, 9.17) is 11.6 Å². The molecule has 1 atom stereocenters. The Morgan fingerprint density at radius 1 is 1.35 bits per heavy atom. The van der Waals surface area contributed by atoms with E-state index in [1.54, 1.807) is 0 Å². The van der Waals surface area contributed by atoms with Crippen LogP contribution < -0.4 is 5.32 Å². The molecule has 1 rings (SSSR count). The molecule has 112 valence electrons. The van der Waals surface area contributed by atoms with Crippen LogP contribution in [0.1, 0.15) is 40.0 Å². The Balaban J connectivity index is 2.75. The van der Waals surface area contributed by atoms with Crippen LogP contribution in [0.4, 0.5) is 15.8 Å². The summed E-state index contributed by atoms with van der Waals surface area (Å²) in [6.45, 7) is 6.23. The van der Waals surface area contributed by atoms with Gasteiger partial charge in [0, 0.05) is 18.2 Å². The van der Waals surface area contributed by atoms with Gasteiger partial charge in [0.1, 0.15) is 11.5 Å².